The van der Waals surface area contributed by atoms with Gasteiger partial charge in [-0.2, -0.15) is 5.10 Å². The summed E-state index contributed by atoms with van der Waals surface area (Å²) in [4.78, 5) is 12.2. The van der Waals surface area contributed by atoms with E-state index in [1.807, 2.05) is 31.2 Å². The summed E-state index contributed by atoms with van der Waals surface area (Å²) in [5, 5.41) is 3.88. The second kappa shape index (κ2) is 9.01. The van der Waals surface area contributed by atoms with Gasteiger partial charge in [-0.3, -0.25) is 9.10 Å². The summed E-state index contributed by atoms with van der Waals surface area (Å²) in [6.45, 7) is 1.40. The predicted octanol–water partition coefficient (Wildman–Crippen LogP) is 2.68. The van der Waals surface area contributed by atoms with Crippen LogP contribution in [0.1, 0.15) is 11.1 Å². The number of ether oxygens (including phenoxy) is 1. The molecule has 0 unspecified atom stereocenters. The zero-order valence-corrected chi connectivity index (χ0v) is 17.5. The second-order valence-electron chi connectivity index (χ2n) is 5.76. The van der Waals surface area contributed by atoms with Crippen LogP contribution in [-0.4, -0.2) is 40.4 Å². The molecule has 0 fully saturated rings. The molecule has 0 aromatic heterocycles. The van der Waals surface area contributed by atoms with Crippen molar-refractivity contribution in [3.05, 3.63) is 58.1 Å². The summed E-state index contributed by atoms with van der Waals surface area (Å²) in [6, 6.07) is 12.5. The number of benzene rings is 2. The average Bonchev–Trinajstić information content (AvgIpc) is 2.60. The van der Waals surface area contributed by atoms with Gasteiger partial charge in [-0.25, -0.2) is 13.8 Å². The molecule has 27 heavy (non-hydrogen) atoms. The summed E-state index contributed by atoms with van der Waals surface area (Å²) in [7, 11) is -2.27. The normalized spacial score (nSPS) is 11.4. The highest BCUT2D eigenvalue weighted by Crippen LogP contribution is 2.30. The summed E-state index contributed by atoms with van der Waals surface area (Å²) in [5.41, 5.74) is 4.26. The van der Waals surface area contributed by atoms with E-state index in [4.69, 9.17) is 4.74 Å². The number of hydrogen-bond acceptors (Lipinski definition) is 5. The van der Waals surface area contributed by atoms with Crippen LogP contribution in [0.25, 0.3) is 0 Å². The second-order valence-corrected chi connectivity index (χ2v) is 8.52. The maximum Gasteiger partial charge on any atom is 0.260 e. The summed E-state index contributed by atoms with van der Waals surface area (Å²) in [5.74, 6) is -0.220. The molecule has 0 saturated carbocycles. The lowest BCUT2D eigenvalue weighted by atomic mass is 10.2. The van der Waals surface area contributed by atoms with Crippen LogP contribution in [-0.2, 0) is 14.8 Å². The minimum Gasteiger partial charge on any atom is -0.495 e. The van der Waals surface area contributed by atoms with Gasteiger partial charge in [-0.05, 0) is 30.7 Å². The minimum absolute atomic E-state index is 0.296. The number of halogens is 1. The lowest BCUT2D eigenvalue weighted by Crippen LogP contribution is -2.39. The van der Waals surface area contributed by atoms with E-state index in [9.17, 15) is 13.2 Å². The maximum atomic E-state index is 12.2. The zero-order valence-electron chi connectivity index (χ0n) is 15.1. The number of carbonyl (C=O) groups excluding carboxylic acids is 1. The summed E-state index contributed by atoms with van der Waals surface area (Å²) < 4.78 is 31.5. The van der Waals surface area contributed by atoms with Crippen molar-refractivity contribution >= 4 is 43.8 Å². The molecular formula is C18H20BrN3O4S. The zero-order chi connectivity index (χ0) is 20.0. The number of hydrazone groups is 1. The molecule has 2 rings (SSSR count). The summed E-state index contributed by atoms with van der Waals surface area (Å²) >= 11 is 3.38. The van der Waals surface area contributed by atoms with Gasteiger partial charge in [0.1, 0.15) is 12.3 Å². The number of rotatable bonds is 7. The van der Waals surface area contributed by atoms with Gasteiger partial charge in [0.25, 0.3) is 5.91 Å². The van der Waals surface area contributed by atoms with Crippen molar-refractivity contribution in [1.82, 2.24) is 5.43 Å². The van der Waals surface area contributed by atoms with E-state index in [2.05, 4.69) is 26.5 Å². The fourth-order valence-corrected chi connectivity index (χ4v) is 3.53. The van der Waals surface area contributed by atoms with Gasteiger partial charge >= 0.3 is 0 Å². The van der Waals surface area contributed by atoms with E-state index in [0.29, 0.717) is 11.4 Å². The Bertz CT molecular complexity index is 961. The first-order valence-corrected chi connectivity index (χ1v) is 10.6. The van der Waals surface area contributed by atoms with E-state index in [-0.39, 0.29) is 0 Å². The molecule has 0 aliphatic rings. The molecule has 7 nitrogen and oxygen atoms in total. The number of amides is 1. The molecule has 0 spiro atoms. The Hall–Kier alpha value is -2.39. The van der Waals surface area contributed by atoms with E-state index in [1.165, 1.54) is 13.3 Å². The van der Waals surface area contributed by atoms with E-state index < -0.39 is 22.5 Å². The lowest BCUT2D eigenvalue weighted by molar-refractivity contribution is -0.119. The average molecular weight is 454 g/mol. The first kappa shape index (κ1) is 20.9. The molecule has 0 heterocycles. The van der Waals surface area contributed by atoms with Crippen molar-refractivity contribution in [2.45, 2.75) is 6.92 Å². The third-order valence-electron chi connectivity index (χ3n) is 3.59. The third kappa shape index (κ3) is 5.80. The highest BCUT2D eigenvalue weighted by atomic mass is 79.9. The highest BCUT2D eigenvalue weighted by Gasteiger charge is 2.24. The van der Waals surface area contributed by atoms with Crippen molar-refractivity contribution in [3.8, 4) is 5.75 Å². The van der Waals surface area contributed by atoms with Gasteiger partial charge in [-0.1, -0.05) is 40.2 Å². The van der Waals surface area contributed by atoms with Gasteiger partial charge in [0, 0.05) is 10.0 Å². The monoisotopic (exact) mass is 453 g/mol. The Kier molecular flexibility index (Phi) is 6.98. The number of aryl methyl sites for hydroxylation is 1. The Morgan fingerprint density at radius 1 is 1.30 bits per heavy atom. The van der Waals surface area contributed by atoms with Crippen molar-refractivity contribution in [1.29, 1.82) is 0 Å². The molecule has 0 aliphatic heterocycles. The third-order valence-corrected chi connectivity index (χ3v) is 5.44. The number of hydrogen-bond donors (Lipinski definition) is 1. The van der Waals surface area contributed by atoms with E-state index >= 15 is 0 Å². The van der Waals surface area contributed by atoms with Gasteiger partial charge in [-0.15, -0.1) is 0 Å². The van der Waals surface area contributed by atoms with Crippen LogP contribution in [0.3, 0.4) is 0 Å². The molecule has 0 aliphatic carbocycles. The molecule has 9 heteroatoms. The van der Waals surface area contributed by atoms with Crippen LogP contribution in [0.4, 0.5) is 5.69 Å². The van der Waals surface area contributed by atoms with Crippen molar-refractivity contribution in [2.75, 3.05) is 24.2 Å². The maximum absolute atomic E-state index is 12.2. The van der Waals surface area contributed by atoms with Crippen LogP contribution in [0.15, 0.2) is 52.0 Å². The Labute approximate surface area is 167 Å². The number of anilines is 1. The molecule has 0 radical (unpaired) electrons. The van der Waals surface area contributed by atoms with Crippen LogP contribution in [0.5, 0.6) is 5.75 Å². The van der Waals surface area contributed by atoms with Crippen LogP contribution < -0.4 is 14.5 Å². The first-order chi connectivity index (χ1) is 12.7. The van der Waals surface area contributed by atoms with Crippen LogP contribution >= 0.6 is 15.9 Å². The van der Waals surface area contributed by atoms with Crippen LogP contribution in [0, 0.1) is 6.92 Å². The van der Waals surface area contributed by atoms with E-state index in [1.54, 1.807) is 18.2 Å². The van der Waals surface area contributed by atoms with Gasteiger partial charge in [0.2, 0.25) is 10.0 Å². The number of methoxy groups -OCH3 is 1. The molecule has 2 aromatic carbocycles. The smallest absolute Gasteiger partial charge is 0.260 e. The molecular weight excluding hydrogens is 434 g/mol. The number of nitrogens with one attached hydrogen (secondary N) is 1. The van der Waals surface area contributed by atoms with Gasteiger partial charge < -0.3 is 4.74 Å². The molecule has 2 aromatic rings. The first-order valence-electron chi connectivity index (χ1n) is 7.91. The summed E-state index contributed by atoms with van der Waals surface area (Å²) in [6.07, 6.45) is 2.51. The van der Waals surface area contributed by atoms with E-state index in [0.717, 1.165) is 26.2 Å². The quantitative estimate of drug-likeness (QED) is 0.515. The Balaban J connectivity index is 2.19. The fraction of sp³-hybridized carbons (Fsp3) is 0.222. The number of sulfonamides is 1. The standard InChI is InChI=1S/C18H20BrN3O4S/c1-13-8-9-17(26-2)16(10-13)22(27(3,24)25)12-18(23)21-20-11-14-6-4-5-7-15(14)19/h4-11H,12H2,1-3H3,(H,21,23)/b20-11-. The SMILES string of the molecule is COc1ccc(C)cc1N(CC(=O)N/N=C\c1ccccc1Br)S(C)(=O)=O. The topological polar surface area (TPSA) is 88.1 Å². The molecule has 1 amide bonds. The van der Waals surface area contributed by atoms with Crippen molar-refractivity contribution in [3.63, 3.8) is 0 Å². The van der Waals surface area contributed by atoms with Crippen LogP contribution in [0.2, 0.25) is 0 Å². The molecule has 0 bridgehead atoms. The number of nitrogens with zero attached hydrogens (tertiary/aromatic N) is 2. The molecule has 0 atom stereocenters. The molecule has 144 valence electrons. The Morgan fingerprint density at radius 3 is 2.63 bits per heavy atom. The highest BCUT2D eigenvalue weighted by molar-refractivity contribution is 9.10. The molecule has 0 saturated heterocycles. The number of carbonyl (C=O) groups is 1. The Morgan fingerprint density at radius 2 is 2.00 bits per heavy atom. The minimum atomic E-state index is -3.71. The predicted molar refractivity (Wildman–Crippen MR) is 110 cm³/mol. The van der Waals surface area contributed by atoms with Gasteiger partial charge in [0.05, 0.1) is 25.3 Å². The van der Waals surface area contributed by atoms with Crippen molar-refractivity contribution in [2.24, 2.45) is 5.10 Å². The van der Waals surface area contributed by atoms with Gasteiger partial charge in [0.15, 0.2) is 0 Å². The van der Waals surface area contributed by atoms with Crippen molar-refractivity contribution < 1.29 is 17.9 Å². The largest absolute Gasteiger partial charge is 0.495 e. The molecule has 1 N–H and O–H groups in total. The fourth-order valence-electron chi connectivity index (χ4n) is 2.30. The lowest BCUT2D eigenvalue weighted by Gasteiger charge is -2.23.